The number of carbonyl (C=O) groups excluding carboxylic acids is 2. The topological polar surface area (TPSA) is 128 Å². The summed E-state index contributed by atoms with van der Waals surface area (Å²) in [6, 6.07) is 9.51. The first-order valence-corrected chi connectivity index (χ1v) is 11.4. The van der Waals surface area contributed by atoms with E-state index in [4.69, 9.17) is 18.7 Å². The molecule has 2 heterocycles. The predicted molar refractivity (Wildman–Crippen MR) is 123 cm³/mol. The summed E-state index contributed by atoms with van der Waals surface area (Å²) in [5.41, 5.74) is -0.578. The molecule has 2 amide bonds. The molecule has 1 aromatic carbocycles. The zero-order valence-corrected chi connectivity index (χ0v) is 19.9. The molecule has 2 aromatic rings. The molecule has 0 radical (unpaired) electrons. The van der Waals surface area contributed by atoms with Crippen molar-refractivity contribution in [3.05, 3.63) is 42.0 Å². The molecular weight excluding hydrogens is 442 g/mol. The van der Waals surface area contributed by atoms with Gasteiger partial charge in [-0.2, -0.15) is 4.98 Å². The summed E-state index contributed by atoms with van der Waals surface area (Å²) < 4.78 is 21.7. The first-order chi connectivity index (χ1) is 16.3. The lowest BCUT2D eigenvalue weighted by atomic mass is 10.2. The maximum atomic E-state index is 12.6. The highest BCUT2D eigenvalue weighted by atomic mass is 16.6. The smallest absolute Gasteiger partial charge is 0.407 e. The minimum atomic E-state index is -0.578. The van der Waals surface area contributed by atoms with Crippen LogP contribution in [0.2, 0.25) is 0 Å². The zero-order valence-electron chi connectivity index (χ0n) is 19.9. The Morgan fingerprint density at radius 2 is 1.88 bits per heavy atom. The lowest BCUT2D eigenvalue weighted by Gasteiger charge is -2.34. The molecule has 1 atom stereocenters. The van der Waals surface area contributed by atoms with E-state index in [0.717, 1.165) is 18.8 Å². The number of alkyl carbamates (subject to hydrolysis) is 1. The number of amides is 2. The number of ether oxygens (including phenoxy) is 3. The number of morpholine rings is 1. The van der Waals surface area contributed by atoms with Crippen LogP contribution in [0.4, 0.5) is 4.79 Å². The Hall–Kier alpha value is -3.18. The molecule has 11 nitrogen and oxygen atoms in total. The van der Waals surface area contributed by atoms with Crippen LogP contribution in [0.1, 0.15) is 37.3 Å². The van der Waals surface area contributed by atoms with E-state index in [1.54, 1.807) is 20.8 Å². The van der Waals surface area contributed by atoms with Gasteiger partial charge in [-0.15, -0.1) is 0 Å². The second-order valence-corrected chi connectivity index (χ2v) is 8.83. The molecule has 1 aromatic heterocycles. The number of aromatic nitrogens is 2. The molecule has 11 heteroatoms. The van der Waals surface area contributed by atoms with Crippen LogP contribution >= 0.6 is 0 Å². The highest BCUT2D eigenvalue weighted by Crippen LogP contribution is 2.11. The summed E-state index contributed by atoms with van der Waals surface area (Å²) in [4.78, 5) is 30.6. The summed E-state index contributed by atoms with van der Waals surface area (Å²) in [5, 5.41) is 9.23. The average molecular weight is 476 g/mol. The van der Waals surface area contributed by atoms with Crippen molar-refractivity contribution >= 4 is 12.0 Å². The third-order valence-electron chi connectivity index (χ3n) is 4.92. The second-order valence-electron chi connectivity index (χ2n) is 8.83. The number of rotatable bonds is 10. The summed E-state index contributed by atoms with van der Waals surface area (Å²) in [5.74, 6) is 0.526. The number of hydrogen-bond donors (Lipinski definition) is 2. The van der Waals surface area contributed by atoms with Crippen LogP contribution in [-0.4, -0.2) is 84.7 Å². The monoisotopic (exact) mass is 475 g/mol. The summed E-state index contributed by atoms with van der Waals surface area (Å²) >= 11 is 0. The fourth-order valence-electron chi connectivity index (χ4n) is 3.27. The van der Waals surface area contributed by atoms with Crippen LogP contribution in [0.3, 0.4) is 0 Å². The minimum absolute atomic E-state index is 0.0440. The van der Waals surface area contributed by atoms with Crippen molar-refractivity contribution in [2.45, 2.75) is 38.8 Å². The Kier molecular flexibility index (Phi) is 9.23. The molecule has 1 saturated heterocycles. The van der Waals surface area contributed by atoms with Crippen LogP contribution in [0, 0.1) is 0 Å². The van der Waals surface area contributed by atoms with E-state index >= 15 is 0 Å². The quantitative estimate of drug-likeness (QED) is 0.527. The number of benzene rings is 1. The molecule has 3 rings (SSSR count). The molecule has 0 saturated carbocycles. The molecule has 2 N–H and O–H groups in total. The predicted octanol–water partition coefficient (Wildman–Crippen LogP) is 1.65. The van der Waals surface area contributed by atoms with E-state index < -0.39 is 17.6 Å². The molecule has 0 spiro atoms. The highest BCUT2D eigenvalue weighted by Gasteiger charge is 2.24. The van der Waals surface area contributed by atoms with E-state index in [-0.39, 0.29) is 30.7 Å². The summed E-state index contributed by atoms with van der Waals surface area (Å²) in [6.07, 6.45) is -0.252. The largest absolute Gasteiger partial charge is 0.492 e. The van der Waals surface area contributed by atoms with Crippen LogP contribution in [0.5, 0.6) is 5.75 Å². The van der Waals surface area contributed by atoms with Crippen molar-refractivity contribution in [3.63, 3.8) is 0 Å². The van der Waals surface area contributed by atoms with Gasteiger partial charge in [0.25, 0.3) is 11.7 Å². The number of carbonyl (C=O) groups is 2. The van der Waals surface area contributed by atoms with Crippen molar-refractivity contribution < 1.29 is 28.3 Å². The fraction of sp³-hybridized carbons (Fsp3) is 0.565. The van der Waals surface area contributed by atoms with E-state index in [9.17, 15) is 9.59 Å². The summed E-state index contributed by atoms with van der Waals surface area (Å²) in [7, 11) is 0. The third-order valence-corrected chi connectivity index (χ3v) is 4.92. The van der Waals surface area contributed by atoms with Gasteiger partial charge in [0.15, 0.2) is 0 Å². The maximum Gasteiger partial charge on any atom is 0.407 e. The fourth-order valence-corrected chi connectivity index (χ4v) is 3.27. The SMILES string of the molecule is CC(C)(C)OC(=O)NCCc1nc(C(=O)NCC(COc2ccccc2)N2CCOCC2)no1. The summed E-state index contributed by atoms with van der Waals surface area (Å²) in [6.45, 7) is 9.17. The van der Waals surface area contributed by atoms with Crippen molar-refractivity contribution in [1.29, 1.82) is 0 Å². The van der Waals surface area contributed by atoms with Gasteiger partial charge in [-0.3, -0.25) is 9.69 Å². The van der Waals surface area contributed by atoms with Gasteiger partial charge >= 0.3 is 6.09 Å². The Balaban J connectivity index is 1.47. The van der Waals surface area contributed by atoms with Gasteiger partial charge < -0.3 is 29.4 Å². The van der Waals surface area contributed by atoms with E-state index in [0.29, 0.717) is 26.4 Å². The van der Waals surface area contributed by atoms with Gasteiger partial charge in [-0.25, -0.2) is 4.79 Å². The molecule has 1 aliphatic heterocycles. The van der Waals surface area contributed by atoms with Crippen molar-refractivity contribution in [3.8, 4) is 5.75 Å². The van der Waals surface area contributed by atoms with Gasteiger partial charge in [0.2, 0.25) is 5.89 Å². The van der Waals surface area contributed by atoms with E-state index in [1.807, 2.05) is 30.3 Å². The standard InChI is InChI=1S/C23H33N5O6/c1-23(2,3)33-22(30)24-10-9-19-26-20(27-34-19)21(29)25-15-17(28-11-13-31-14-12-28)16-32-18-7-5-4-6-8-18/h4-8,17H,9-16H2,1-3H3,(H,24,30)(H,25,29). The lowest BCUT2D eigenvalue weighted by molar-refractivity contribution is 0.00640. The van der Waals surface area contributed by atoms with Gasteiger partial charge in [0.1, 0.15) is 18.0 Å². The van der Waals surface area contributed by atoms with Gasteiger partial charge in [0.05, 0.1) is 19.3 Å². The van der Waals surface area contributed by atoms with Gasteiger partial charge in [-0.1, -0.05) is 23.4 Å². The molecule has 34 heavy (non-hydrogen) atoms. The molecular formula is C23H33N5O6. The molecule has 0 bridgehead atoms. The van der Waals surface area contributed by atoms with Gasteiger partial charge in [0, 0.05) is 32.6 Å². The van der Waals surface area contributed by atoms with E-state index in [1.165, 1.54) is 0 Å². The highest BCUT2D eigenvalue weighted by molar-refractivity contribution is 5.90. The number of nitrogens with zero attached hydrogens (tertiary/aromatic N) is 3. The zero-order chi connectivity index (χ0) is 24.4. The van der Waals surface area contributed by atoms with Crippen LogP contribution in [-0.2, 0) is 15.9 Å². The normalized spacial score (nSPS) is 15.4. The van der Waals surface area contributed by atoms with Crippen LogP contribution in [0.15, 0.2) is 34.9 Å². The Morgan fingerprint density at radius 3 is 2.59 bits per heavy atom. The Labute approximate surface area is 199 Å². The number of para-hydroxylation sites is 1. The molecule has 1 unspecified atom stereocenters. The minimum Gasteiger partial charge on any atom is -0.492 e. The lowest BCUT2D eigenvalue weighted by Crippen LogP contribution is -2.51. The first-order valence-electron chi connectivity index (χ1n) is 11.4. The molecule has 1 fully saturated rings. The average Bonchev–Trinajstić information content (AvgIpc) is 3.28. The maximum absolute atomic E-state index is 12.6. The van der Waals surface area contributed by atoms with Crippen molar-refractivity contribution in [2.75, 3.05) is 46.0 Å². The van der Waals surface area contributed by atoms with Crippen molar-refractivity contribution in [1.82, 2.24) is 25.7 Å². The number of nitrogens with one attached hydrogen (secondary N) is 2. The van der Waals surface area contributed by atoms with E-state index in [2.05, 4.69) is 25.7 Å². The Morgan fingerprint density at radius 1 is 1.15 bits per heavy atom. The third kappa shape index (κ3) is 8.64. The molecule has 1 aliphatic rings. The molecule has 186 valence electrons. The van der Waals surface area contributed by atoms with Crippen LogP contribution in [0.25, 0.3) is 0 Å². The van der Waals surface area contributed by atoms with Crippen molar-refractivity contribution in [2.24, 2.45) is 0 Å². The molecule has 0 aliphatic carbocycles. The first kappa shape index (κ1) is 25.4. The Bertz CT molecular complexity index is 908. The van der Waals surface area contributed by atoms with Crippen LogP contribution < -0.4 is 15.4 Å². The second kappa shape index (κ2) is 12.3. The van der Waals surface area contributed by atoms with Gasteiger partial charge in [-0.05, 0) is 32.9 Å². The number of hydrogen-bond acceptors (Lipinski definition) is 9.